The molecule has 2 atom stereocenters. The monoisotopic (exact) mass is 243 g/mol. The smallest absolute Gasteiger partial charge is 0.303 e. The third kappa shape index (κ3) is 5.17. The maximum atomic E-state index is 11.6. The molecule has 1 aliphatic carbocycles. The summed E-state index contributed by atoms with van der Waals surface area (Å²) in [5, 5.41) is 11.4. The number of rotatable bonds is 7. The standard InChI is InChI=1S/C12H21NO4/c1-17-10-6-4-5-9(10)13-11(14)7-2-3-8-12(15)16/h9-10H,2-8H2,1H3,(H,13,14)(H,15,16). The maximum Gasteiger partial charge on any atom is 0.303 e. The molecule has 0 aromatic rings. The number of carbonyl (C=O) groups excluding carboxylic acids is 1. The topological polar surface area (TPSA) is 75.6 Å². The summed E-state index contributed by atoms with van der Waals surface area (Å²) in [5.41, 5.74) is 0. The first-order valence-electron chi connectivity index (χ1n) is 6.17. The molecule has 0 aromatic heterocycles. The van der Waals surface area contributed by atoms with Crippen molar-refractivity contribution in [2.24, 2.45) is 0 Å². The van der Waals surface area contributed by atoms with Crippen LogP contribution in [0, 0.1) is 0 Å². The molecule has 2 unspecified atom stereocenters. The molecular weight excluding hydrogens is 222 g/mol. The van der Waals surface area contributed by atoms with Crippen LogP contribution in [0.2, 0.25) is 0 Å². The van der Waals surface area contributed by atoms with E-state index in [0.717, 1.165) is 19.3 Å². The number of methoxy groups -OCH3 is 1. The molecule has 0 bridgehead atoms. The van der Waals surface area contributed by atoms with E-state index < -0.39 is 5.97 Å². The van der Waals surface area contributed by atoms with Gasteiger partial charge in [0.15, 0.2) is 0 Å². The fourth-order valence-electron chi connectivity index (χ4n) is 2.21. The zero-order valence-electron chi connectivity index (χ0n) is 10.3. The highest BCUT2D eigenvalue weighted by Crippen LogP contribution is 2.21. The van der Waals surface area contributed by atoms with Crippen molar-refractivity contribution in [2.45, 2.75) is 57.1 Å². The Labute approximate surface area is 102 Å². The van der Waals surface area contributed by atoms with Gasteiger partial charge in [0.1, 0.15) is 0 Å². The predicted molar refractivity (Wildman–Crippen MR) is 62.7 cm³/mol. The van der Waals surface area contributed by atoms with Crippen molar-refractivity contribution in [1.29, 1.82) is 0 Å². The highest BCUT2D eigenvalue weighted by atomic mass is 16.5. The highest BCUT2D eigenvalue weighted by molar-refractivity contribution is 5.76. The number of nitrogens with one attached hydrogen (secondary N) is 1. The van der Waals surface area contributed by atoms with Crippen molar-refractivity contribution in [2.75, 3.05) is 7.11 Å². The molecule has 0 heterocycles. The lowest BCUT2D eigenvalue weighted by molar-refractivity contribution is -0.137. The minimum Gasteiger partial charge on any atom is -0.481 e. The number of carbonyl (C=O) groups is 2. The summed E-state index contributed by atoms with van der Waals surface area (Å²) in [4.78, 5) is 21.9. The molecule has 0 radical (unpaired) electrons. The van der Waals surface area contributed by atoms with Gasteiger partial charge in [-0.25, -0.2) is 0 Å². The molecule has 1 fully saturated rings. The number of carboxylic acids is 1. The molecule has 1 saturated carbocycles. The fraction of sp³-hybridized carbons (Fsp3) is 0.833. The number of aliphatic carboxylic acids is 1. The van der Waals surface area contributed by atoms with Gasteiger partial charge in [0.05, 0.1) is 12.1 Å². The Morgan fingerprint density at radius 2 is 2.00 bits per heavy atom. The van der Waals surface area contributed by atoms with Gasteiger partial charge >= 0.3 is 5.97 Å². The van der Waals surface area contributed by atoms with E-state index in [4.69, 9.17) is 9.84 Å². The van der Waals surface area contributed by atoms with E-state index in [9.17, 15) is 9.59 Å². The molecule has 0 aliphatic heterocycles. The van der Waals surface area contributed by atoms with Crippen LogP contribution < -0.4 is 5.32 Å². The molecule has 5 heteroatoms. The summed E-state index contributed by atoms with van der Waals surface area (Å²) in [7, 11) is 1.67. The van der Waals surface area contributed by atoms with E-state index in [1.165, 1.54) is 0 Å². The van der Waals surface area contributed by atoms with Crippen LogP contribution in [-0.4, -0.2) is 36.2 Å². The molecular formula is C12H21NO4. The highest BCUT2D eigenvalue weighted by Gasteiger charge is 2.27. The quantitative estimate of drug-likeness (QED) is 0.661. The lowest BCUT2D eigenvalue weighted by Gasteiger charge is -2.19. The van der Waals surface area contributed by atoms with Crippen molar-refractivity contribution < 1.29 is 19.4 Å². The van der Waals surface area contributed by atoms with Crippen LogP contribution in [0.4, 0.5) is 0 Å². The molecule has 0 aromatic carbocycles. The number of unbranched alkanes of at least 4 members (excludes halogenated alkanes) is 1. The van der Waals surface area contributed by atoms with Gasteiger partial charge in [-0.15, -0.1) is 0 Å². The summed E-state index contributed by atoms with van der Waals surface area (Å²) in [6.45, 7) is 0. The first-order valence-corrected chi connectivity index (χ1v) is 6.17. The van der Waals surface area contributed by atoms with Gasteiger partial charge in [-0.1, -0.05) is 0 Å². The molecule has 17 heavy (non-hydrogen) atoms. The van der Waals surface area contributed by atoms with Crippen LogP contribution in [0.25, 0.3) is 0 Å². The summed E-state index contributed by atoms with van der Waals surface area (Å²) in [6.07, 6.45) is 4.92. The Balaban J connectivity index is 2.14. The molecule has 5 nitrogen and oxygen atoms in total. The molecule has 1 amide bonds. The van der Waals surface area contributed by atoms with E-state index in [0.29, 0.717) is 19.3 Å². The minimum atomic E-state index is -0.805. The minimum absolute atomic E-state index is 0.00402. The SMILES string of the molecule is COC1CCCC1NC(=O)CCCCC(=O)O. The summed E-state index contributed by atoms with van der Waals surface area (Å²) in [5.74, 6) is -0.801. The second-order valence-corrected chi connectivity index (χ2v) is 4.48. The maximum absolute atomic E-state index is 11.6. The summed E-state index contributed by atoms with van der Waals surface area (Å²) >= 11 is 0. The molecule has 2 N–H and O–H groups in total. The molecule has 1 rings (SSSR count). The normalized spacial score (nSPS) is 23.6. The Bertz CT molecular complexity index is 267. The first kappa shape index (κ1) is 14.0. The van der Waals surface area contributed by atoms with E-state index in [-0.39, 0.29) is 24.5 Å². The van der Waals surface area contributed by atoms with E-state index in [2.05, 4.69) is 5.32 Å². The summed E-state index contributed by atoms with van der Waals surface area (Å²) in [6, 6.07) is 0.131. The Hall–Kier alpha value is -1.10. The number of ether oxygens (including phenoxy) is 1. The van der Waals surface area contributed by atoms with Crippen molar-refractivity contribution in [3.8, 4) is 0 Å². The van der Waals surface area contributed by atoms with Gasteiger partial charge in [-0.3, -0.25) is 9.59 Å². The second-order valence-electron chi connectivity index (χ2n) is 4.48. The van der Waals surface area contributed by atoms with Crippen molar-refractivity contribution >= 4 is 11.9 Å². The van der Waals surface area contributed by atoms with Crippen LogP contribution in [0.1, 0.15) is 44.9 Å². The fourth-order valence-corrected chi connectivity index (χ4v) is 2.21. The molecule has 0 spiro atoms. The lowest BCUT2D eigenvalue weighted by Crippen LogP contribution is -2.40. The number of amides is 1. The summed E-state index contributed by atoms with van der Waals surface area (Å²) < 4.78 is 5.29. The van der Waals surface area contributed by atoms with Gasteiger partial charge < -0.3 is 15.2 Å². The van der Waals surface area contributed by atoms with Crippen molar-refractivity contribution in [3.63, 3.8) is 0 Å². The third-order valence-corrected chi connectivity index (χ3v) is 3.15. The Morgan fingerprint density at radius 1 is 1.29 bits per heavy atom. The van der Waals surface area contributed by atoms with Crippen molar-refractivity contribution in [1.82, 2.24) is 5.32 Å². The van der Waals surface area contributed by atoms with Crippen LogP contribution in [0.15, 0.2) is 0 Å². The van der Waals surface area contributed by atoms with Gasteiger partial charge in [0, 0.05) is 20.0 Å². The van der Waals surface area contributed by atoms with Gasteiger partial charge in [-0.05, 0) is 32.1 Å². The Kier molecular flexibility index (Phi) is 5.97. The average molecular weight is 243 g/mol. The molecule has 0 saturated heterocycles. The number of hydrogen-bond donors (Lipinski definition) is 2. The zero-order chi connectivity index (χ0) is 12.7. The van der Waals surface area contributed by atoms with Crippen LogP contribution in [0.3, 0.4) is 0 Å². The van der Waals surface area contributed by atoms with E-state index >= 15 is 0 Å². The van der Waals surface area contributed by atoms with Crippen molar-refractivity contribution in [3.05, 3.63) is 0 Å². The van der Waals surface area contributed by atoms with E-state index in [1.807, 2.05) is 0 Å². The van der Waals surface area contributed by atoms with Gasteiger partial charge in [0.25, 0.3) is 0 Å². The number of hydrogen-bond acceptors (Lipinski definition) is 3. The largest absolute Gasteiger partial charge is 0.481 e. The lowest BCUT2D eigenvalue weighted by atomic mass is 10.1. The van der Waals surface area contributed by atoms with Crippen LogP contribution in [0.5, 0.6) is 0 Å². The second kappa shape index (κ2) is 7.27. The third-order valence-electron chi connectivity index (χ3n) is 3.15. The Morgan fingerprint density at radius 3 is 2.65 bits per heavy atom. The van der Waals surface area contributed by atoms with Crippen LogP contribution in [-0.2, 0) is 14.3 Å². The van der Waals surface area contributed by atoms with E-state index in [1.54, 1.807) is 7.11 Å². The molecule has 98 valence electrons. The van der Waals surface area contributed by atoms with Gasteiger partial charge in [0.2, 0.25) is 5.91 Å². The zero-order valence-corrected chi connectivity index (χ0v) is 10.3. The number of carboxylic acid groups (broad SMARTS) is 1. The molecule has 1 aliphatic rings. The average Bonchev–Trinajstić information content (AvgIpc) is 2.71. The van der Waals surface area contributed by atoms with Gasteiger partial charge in [-0.2, -0.15) is 0 Å². The predicted octanol–water partition coefficient (Wildman–Crippen LogP) is 1.32. The van der Waals surface area contributed by atoms with Crippen LogP contribution >= 0.6 is 0 Å². The first-order chi connectivity index (χ1) is 8.13.